The molecule has 0 fully saturated rings. The number of nitrogens with zero attached hydrogens (tertiary/aromatic N) is 1. The summed E-state index contributed by atoms with van der Waals surface area (Å²) >= 11 is 0. The van der Waals surface area contributed by atoms with Crippen LogP contribution in [-0.2, 0) is 0 Å². The molecule has 0 aliphatic carbocycles. The monoisotopic (exact) mass is 270 g/mol. The number of phenols is 1. The van der Waals surface area contributed by atoms with E-state index in [1.165, 1.54) is 11.3 Å². The van der Waals surface area contributed by atoms with E-state index >= 15 is 0 Å². The van der Waals surface area contributed by atoms with Crippen molar-refractivity contribution in [1.82, 2.24) is 0 Å². The maximum Gasteiger partial charge on any atom is 0.115 e. The summed E-state index contributed by atoms with van der Waals surface area (Å²) in [5, 5.41) is 13.0. The first-order valence-corrected chi connectivity index (χ1v) is 6.81. The molecule has 0 amide bonds. The molecule has 0 radical (unpaired) electrons. The zero-order valence-electron chi connectivity index (χ0n) is 12.5. The highest BCUT2D eigenvalue weighted by atomic mass is 16.3. The number of hydrogen-bond donors (Lipinski definition) is 2. The van der Waals surface area contributed by atoms with E-state index in [1.54, 1.807) is 12.1 Å². The normalized spacial score (nSPS) is 12.0. The van der Waals surface area contributed by atoms with Gasteiger partial charge in [-0.1, -0.05) is 18.2 Å². The van der Waals surface area contributed by atoms with Crippen LogP contribution in [0.1, 0.15) is 24.1 Å². The SMILES string of the molecule is Cc1ccc(NC(C)c2cccc(O)c2)cc1N(C)C. The van der Waals surface area contributed by atoms with Crippen molar-refractivity contribution in [2.45, 2.75) is 19.9 Å². The molecular formula is C17H22N2O. The molecule has 0 heterocycles. The van der Waals surface area contributed by atoms with Crippen molar-refractivity contribution in [2.24, 2.45) is 0 Å². The second-order valence-corrected chi connectivity index (χ2v) is 5.36. The molecule has 2 aromatic carbocycles. The third-order valence-electron chi connectivity index (χ3n) is 3.44. The van der Waals surface area contributed by atoms with E-state index in [0.29, 0.717) is 5.75 Å². The molecule has 2 N–H and O–H groups in total. The Balaban J connectivity index is 2.19. The number of nitrogens with one attached hydrogen (secondary N) is 1. The maximum absolute atomic E-state index is 9.55. The van der Waals surface area contributed by atoms with Gasteiger partial charge in [0.05, 0.1) is 0 Å². The summed E-state index contributed by atoms with van der Waals surface area (Å²) < 4.78 is 0. The minimum absolute atomic E-state index is 0.139. The Kier molecular flexibility index (Phi) is 4.18. The molecule has 2 aromatic rings. The number of hydrogen-bond acceptors (Lipinski definition) is 3. The van der Waals surface area contributed by atoms with Crippen LogP contribution < -0.4 is 10.2 Å². The summed E-state index contributed by atoms with van der Waals surface area (Å²) in [4.78, 5) is 2.11. The summed E-state index contributed by atoms with van der Waals surface area (Å²) in [7, 11) is 4.09. The molecule has 1 atom stereocenters. The van der Waals surface area contributed by atoms with Crippen LogP contribution in [-0.4, -0.2) is 19.2 Å². The van der Waals surface area contributed by atoms with Gasteiger partial charge >= 0.3 is 0 Å². The lowest BCUT2D eigenvalue weighted by Gasteiger charge is -2.20. The molecule has 0 saturated carbocycles. The third kappa shape index (κ3) is 3.23. The molecule has 3 heteroatoms. The van der Waals surface area contributed by atoms with Gasteiger partial charge in [-0.05, 0) is 49.2 Å². The average molecular weight is 270 g/mol. The van der Waals surface area contributed by atoms with Crippen LogP contribution in [0.3, 0.4) is 0 Å². The van der Waals surface area contributed by atoms with Gasteiger partial charge in [0.1, 0.15) is 5.75 Å². The lowest BCUT2D eigenvalue weighted by atomic mass is 10.1. The first-order chi connectivity index (χ1) is 9.47. The van der Waals surface area contributed by atoms with Crippen molar-refractivity contribution < 1.29 is 5.11 Å². The van der Waals surface area contributed by atoms with Crippen molar-refractivity contribution in [3.05, 3.63) is 53.6 Å². The predicted molar refractivity (Wildman–Crippen MR) is 85.7 cm³/mol. The van der Waals surface area contributed by atoms with Crippen molar-refractivity contribution >= 4 is 11.4 Å². The second kappa shape index (κ2) is 5.87. The molecule has 0 aliphatic rings. The molecule has 0 spiro atoms. The Hall–Kier alpha value is -2.16. The Morgan fingerprint density at radius 1 is 1.10 bits per heavy atom. The number of aromatic hydroxyl groups is 1. The fourth-order valence-electron chi connectivity index (χ4n) is 2.31. The molecule has 1 unspecified atom stereocenters. The highest BCUT2D eigenvalue weighted by Crippen LogP contribution is 2.26. The summed E-state index contributed by atoms with van der Waals surface area (Å²) in [5.41, 5.74) is 4.61. The Bertz CT molecular complexity index is 593. The number of aryl methyl sites for hydroxylation is 1. The molecule has 0 aromatic heterocycles. The number of benzene rings is 2. The average Bonchev–Trinajstić information content (AvgIpc) is 2.40. The van der Waals surface area contributed by atoms with Crippen molar-refractivity contribution in [3.8, 4) is 5.75 Å². The minimum atomic E-state index is 0.139. The molecule has 0 saturated heterocycles. The predicted octanol–water partition coefficient (Wildman–Crippen LogP) is 3.94. The zero-order chi connectivity index (χ0) is 14.7. The smallest absolute Gasteiger partial charge is 0.115 e. The molecular weight excluding hydrogens is 248 g/mol. The second-order valence-electron chi connectivity index (χ2n) is 5.36. The van der Waals surface area contributed by atoms with Gasteiger partial charge in [-0.15, -0.1) is 0 Å². The first kappa shape index (κ1) is 14.3. The van der Waals surface area contributed by atoms with Gasteiger partial charge in [0.2, 0.25) is 0 Å². The zero-order valence-corrected chi connectivity index (χ0v) is 12.5. The fraction of sp³-hybridized carbons (Fsp3) is 0.294. The van der Waals surface area contributed by atoms with Crippen LogP contribution in [0.2, 0.25) is 0 Å². The van der Waals surface area contributed by atoms with Crippen LogP contribution in [0.4, 0.5) is 11.4 Å². The maximum atomic E-state index is 9.55. The van der Waals surface area contributed by atoms with E-state index in [2.05, 4.69) is 42.3 Å². The topological polar surface area (TPSA) is 35.5 Å². The van der Waals surface area contributed by atoms with E-state index in [0.717, 1.165) is 11.3 Å². The Labute approximate surface area is 120 Å². The molecule has 20 heavy (non-hydrogen) atoms. The van der Waals surface area contributed by atoms with E-state index in [4.69, 9.17) is 0 Å². The van der Waals surface area contributed by atoms with Gasteiger partial charge in [0, 0.05) is 31.5 Å². The molecule has 3 nitrogen and oxygen atoms in total. The number of rotatable bonds is 4. The van der Waals surface area contributed by atoms with Crippen LogP contribution >= 0.6 is 0 Å². The lowest BCUT2D eigenvalue weighted by molar-refractivity contribution is 0.474. The Morgan fingerprint density at radius 3 is 2.50 bits per heavy atom. The van der Waals surface area contributed by atoms with Gasteiger partial charge in [0.15, 0.2) is 0 Å². The van der Waals surface area contributed by atoms with Gasteiger partial charge in [-0.2, -0.15) is 0 Å². The van der Waals surface area contributed by atoms with E-state index in [1.807, 2.05) is 26.2 Å². The largest absolute Gasteiger partial charge is 0.508 e. The van der Waals surface area contributed by atoms with Crippen molar-refractivity contribution in [3.63, 3.8) is 0 Å². The summed E-state index contributed by atoms with van der Waals surface area (Å²) in [5.74, 6) is 0.300. The minimum Gasteiger partial charge on any atom is -0.508 e. The highest BCUT2D eigenvalue weighted by Gasteiger charge is 2.08. The highest BCUT2D eigenvalue weighted by molar-refractivity contribution is 5.62. The summed E-state index contributed by atoms with van der Waals surface area (Å²) in [6.07, 6.45) is 0. The molecule has 0 bridgehead atoms. The molecule has 0 aliphatic heterocycles. The lowest BCUT2D eigenvalue weighted by Crippen LogP contribution is -2.12. The van der Waals surface area contributed by atoms with Crippen LogP contribution in [0.15, 0.2) is 42.5 Å². The van der Waals surface area contributed by atoms with Crippen LogP contribution in [0, 0.1) is 6.92 Å². The van der Waals surface area contributed by atoms with E-state index in [9.17, 15) is 5.11 Å². The van der Waals surface area contributed by atoms with Gasteiger partial charge < -0.3 is 15.3 Å². The van der Waals surface area contributed by atoms with Crippen molar-refractivity contribution in [2.75, 3.05) is 24.3 Å². The van der Waals surface area contributed by atoms with Crippen LogP contribution in [0.5, 0.6) is 5.75 Å². The number of phenolic OH excluding ortho intramolecular Hbond substituents is 1. The Morgan fingerprint density at radius 2 is 1.85 bits per heavy atom. The van der Waals surface area contributed by atoms with Gasteiger partial charge in [0.25, 0.3) is 0 Å². The third-order valence-corrected chi connectivity index (χ3v) is 3.44. The first-order valence-electron chi connectivity index (χ1n) is 6.81. The summed E-state index contributed by atoms with van der Waals surface area (Å²) in [6.45, 7) is 4.20. The van der Waals surface area contributed by atoms with Crippen molar-refractivity contribution in [1.29, 1.82) is 0 Å². The number of anilines is 2. The standard InChI is InChI=1S/C17H22N2O/c1-12-8-9-15(11-17(12)19(3)4)18-13(2)14-6-5-7-16(20)10-14/h5-11,13,18,20H,1-4H3. The van der Waals surface area contributed by atoms with E-state index in [-0.39, 0.29) is 6.04 Å². The van der Waals surface area contributed by atoms with Gasteiger partial charge in [-0.25, -0.2) is 0 Å². The molecule has 106 valence electrons. The summed E-state index contributed by atoms with van der Waals surface area (Å²) in [6, 6.07) is 13.8. The fourth-order valence-corrected chi connectivity index (χ4v) is 2.31. The van der Waals surface area contributed by atoms with E-state index < -0.39 is 0 Å². The van der Waals surface area contributed by atoms with Gasteiger partial charge in [-0.3, -0.25) is 0 Å². The quantitative estimate of drug-likeness (QED) is 0.883. The molecule has 2 rings (SSSR count). The van der Waals surface area contributed by atoms with Crippen LogP contribution in [0.25, 0.3) is 0 Å².